The zero-order chi connectivity index (χ0) is 13.6. The Hall–Kier alpha value is -0.120. The molecule has 116 valence electrons. The lowest BCUT2D eigenvalue weighted by Gasteiger charge is -2.34. The van der Waals surface area contributed by atoms with E-state index in [1.165, 1.54) is 97.2 Å². The van der Waals surface area contributed by atoms with Crippen molar-refractivity contribution in [1.82, 2.24) is 15.1 Å². The van der Waals surface area contributed by atoms with Gasteiger partial charge in [-0.25, -0.2) is 0 Å². The van der Waals surface area contributed by atoms with Crippen LogP contribution >= 0.6 is 0 Å². The third-order valence-electron chi connectivity index (χ3n) is 5.61. The molecule has 0 aromatic heterocycles. The van der Waals surface area contributed by atoms with Crippen LogP contribution in [0.5, 0.6) is 0 Å². The average Bonchev–Trinajstić information content (AvgIpc) is 3.14. The SMILES string of the molecule is C1CNC(CCCN2CCC(CN3CCCC3)CC2)C1. The van der Waals surface area contributed by atoms with Gasteiger partial charge < -0.3 is 15.1 Å². The van der Waals surface area contributed by atoms with E-state index in [1.807, 2.05) is 0 Å². The third-order valence-corrected chi connectivity index (χ3v) is 5.61. The molecule has 3 aliphatic rings. The third kappa shape index (κ3) is 4.44. The first-order chi connectivity index (χ1) is 9.90. The molecular weight excluding hydrogens is 246 g/mol. The fourth-order valence-electron chi connectivity index (χ4n) is 4.29. The van der Waals surface area contributed by atoms with Gasteiger partial charge in [0.15, 0.2) is 0 Å². The highest BCUT2D eigenvalue weighted by Crippen LogP contribution is 2.21. The maximum absolute atomic E-state index is 3.62. The van der Waals surface area contributed by atoms with Gasteiger partial charge in [-0.15, -0.1) is 0 Å². The molecule has 3 saturated heterocycles. The Labute approximate surface area is 125 Å². The second kappa shape index (κ2) is 7.77. The van der Waals surface area contributed by atoms with E-state index >= 15 is 0 Å². The van der Waals surface area contributed by atoms with Gasteiger partial charge in [-0.1, -0.05) is 0 Å². The van der Waals surface area contributed by atoms with Crippen molar-refractivity contribution < 1.29 is 0 Å². The van der Waals surface area contributed by atoms with Gasteiger partial charge in [-0.2, -0.15) is 0 Å². The molecule has 1 unspecified atom stereocenters. The van der Waals surface area contributed by atoms with Gasteiger partial charge in [-0.05, 0) is 96.6 Å². The van der Waals surface area contributed by atoms with Crippen LogP contribution in [0.1, 0.15) is 51.4 Å². The summed E-state index contributed by atoms with van der Waals surface area (Å²) in [6, 6.07) is 0.836. The quantitative estimate of drug-likeness (QED) is 0.805. The van der Waals surface area contributed by atoms with Gasteiger partial charge in [0, 0.05) is 12.6 Å². The van der Waals surface area contributed by atoms with E-state index in [1.54, 1.807) is 0 Å². The highest BCUT2D eigenvalue weighted by atomic mass is 15.2. The molecule has 1 atom stereocenters. The predicted molar refractivity (Wildman–Crippen MR) is 85.1 cm³/mol. The molecule has 0 amide bonds. The summed E-state index contributed by atoms with van der Waals surface area (Å²) in [5, 5.41) is 3.62. The molecule has 0 bridgehead atoms. The Balaban J connectivity index is 1.26. The van der Waals surface area contributed by atoms with Crippen molar-refractivity contribution in [3.8, 4) is 0 Å². The molecule has 0 aliphatic carbocycles. The van der Waals surface area contributed by atoms with E-state index in [-0.39, 0.29) is 0 Å². The van der Waals surface area contributed by atoms with E-state index in [2.05, 4.69) is 15.1 Å². The van der Waals surface area contributed by atoms with Gasteiger partial charge >= 0.3 is 0 Å². The van der Waals surface area contributed by atoms with Crippen LogP contribution in [0, 0.1) is 5.92 Å². The van der Waals surface area contributed by atoms with E-state index in [0.717, 1.165) is 12.0 Å². The highest BCUT2D eigenvalue weighted by molar-refractivity contribution is 4.78. The standard InChI is InChI=1S/C17H33N3/c1-2-11-20(10-1)15-16-7-13-19(14-8-16)12-4-6-17-5-3-9-18-17/h16-18H,1-15H2. The number of hydrogen-bond donors (Lipinski definition) is 1. The largest absolute Gasteiger partial charge is 0.314 e. The summed E-state index contributed by atoms with van der Waals surface area (Å²) in [5.41, 5.74) is 0. The monoisotopic (exact) mass is 279 g/mol. The van der Waals surface area contributed by atoms with Crippen LogP contribution < -0.4 is 5.32 Å². The molecule has 3 nitrogen and oxygen atoms in total. The Morgan fingerprint density at radius 2 is 1.65 bits per heavy atom. The van der Waals surface area contributed by atoms with Crippen molar-refractivity contribution >= 4 is 0 Å². The maximum atomic E-state index is 3.62. The summed E-state index contributed by atoms with van der Waals surface area (Å²) in [4.78, 5) is 5.42. The molecule has 0 spiro atoms. The number of nitrogens with zero attached hydrogens (tertiary/aromatic N) is 2. The zero-order valence-electron chi connectivity index (χ0n) is 13.2. The van der Waals surface area contributed by atoms with Gasteiger partial charge in [0.25, 0.3) is 0 Å². The summed E-state index contributed by atoms with van der Waals surface area (Å²) in [6.07, 6.45) is 11.4. The normalized spacial score (nSPS) is 30.3. The van der Waals surface area contributed by atoms with Crippen LogP contribution in [-0.4, -0.2) is 61.7 Å². The first-order valence-electron chi connectivity index (χ1n) is 9.08. The Bertz CT molecular complexity index is 261. The molecule has 0 aromatic rings. The minimum absolute atomic E-state index is 0.836. The van der Waals surface area contributed by atoms with Crippen LogP contribution in [0.15, 0.2) is 0 Å². The molecular formula is C17H33N3. The first kappa shape index (κ1) is 14.8. The molecule has 0 saturated carbocycles. The fourth-order valence-corrected chi connectivity index (χ4v) is 4.29. The van der Waals surface area contributed by atoms with Crippen molar-refractivity contribution in [1.29, 1.82) is 0 Å². The van der Waals surface area contributed by atoms with Crippen molar-refractivity contribution in [3.63, 3.8) is 0 Å². The highest BCUT2D eigenvalue weighted by Gasteiger charge is 2.22. The Morgan fingerprint density at radius 3 is 2.35 bits per heavy atom. The van der Waals surface area contributed by atoms with Crippen molar-refractivity contribution in [2.75, 3.05) is 45.8 Å². The van der Waals surface area contributed by atoms with Gasteiger partial charge in [0.1, 0.15) is 0 Å². The lowest BCUT2D eigenvalue weighted by Crippen LogP contribution is -2.38. The van der Waals surface area contributed by atoms with Crippen LogP contribution in [-0.2, 0) is 0 Å². The molecule has 0 aromatic carbocycles. The first-order valence-corrected chi connectivity index (χ1v) is 9.08. The predicted octanol–water partition coefficient (Wildman–Crippen LogP) is 2.33. The lowest BCUT2D eigenvalue weighted by atomic mass is 9.96. The molecule has 1 N–H and O–H groups in total. The number of likely N-dealkylation sites (tertiary alicyclic amines) is 2. The summed E-state index contributed by atoms with van der Waals surface area (Å²) in [5.74, 6) is 0.987. The second-order valence-corrected chi connectivity index (χ2v) is 7.23. The fraction of sp³-hybridized carbons (Fsp3) is 1.00. The van der Waals surface area contributed by atoms with Gasteiger partial charge in [-0.3, -0.25) is 0 Å². The molecule has 20 heavy (non-hydrogen) atoms. The van der Waals surface area contributed by atoms with Crippen molar-refractivity contribution in [2.24, 2.45) is 5.92 Å². The maximum Gasteiger partial charge on any atom is 0.00680 e. The topological polar surface area (TPSA) is 18.5 Å². The summed E-state index contributed by atoms with van der Waals surface area (Å²) < 4.78 is 0. The Morgan fingerprint density at radius 1 is 0.850 bits per heavy atom. The number of piperidine rings is 1. The number of nitrogens with one attached hydrogen (secondary N) is 1. The zero-order valence-corrected chi connectivity index (χ0v) is 13.2. The van der Waals surface area contributed by atoms with Gasteiger partial charge in [0.2, 0.25) is 0 Å². The van der Waals surface area contributed by atoms with Crippen LogP contribution in [0.4, 0.5) is 0 Å². The Kier molecular flexibility index (Phi) is 5.75. The molecule has 3 heteroatoms. The molecule has 3 rings (SSSR count). The minimum Gasteiger partial charge on any atom is -0.314 e. The van der Waals surface area contributed by atoms with Crippen molar-refractivity contribution in [3.05, 3.63) is 0 Å². The van der Waals surface area contributed by atoms with Crippen molar-refractivity contribution in [2.45, 2.75) is 57.4 Å². The summed E-state index contributed by atoms with van der Waals surface area (Å²) in [6.45, 7) is 9.44. The van der Waals surface area contributed by atoms with E-state index < -0.39 is 0 Å². The van der Waals surface area contributed by atoms with E-state index in [4.69, 9.17) is 0 Å². The molecule has 3 heterocycles. The van der Waals surface area contributed by atoms with Crippen LogP contribution in [0.25, 0.3) is 0 Å². The van der Waals surface area contributed by atoms with E-state index in [0.29, 0.717) is 0 Å². The lowest BCUT2D eigenvalue weighted by molar-refractivity contribution is 0.151. The summed E-state index contributed by atoms with van der Waals surface area (Å²) in [7, 11) is 0. The second-order valence-electron chi connectivity index (χ2n) is 7.23. The van der Waals surface area contributed by atoms with Crippen LogP contribution in [0.2, 0.25) is 0 Å². The minimum atomic E-state index is 0.836. The number of rotatable bonds is 6. The van der Waals surface area contributed by atoms with E-state index in [9.17, 15) is 0 Å². The van der Waals surface area contributed by atoms with Crippen LogP contribution in [0.3, 0.4) is 0 Å². The molecule has 3 aliphatic heterocycles. The molecule has 3 fully saturated rings. The smallest absolute Gasteiger partial charge is 0.00680 e. The average molecular weight is 279 g/mol. The molecule has 0 radical (unpaired) electrons. The number of hydrogen-bond acceptors (Lipinski definition) is 3. The summed E-state index contributed by atoms with van der Waals surface area (Å²) >= 11 is 0. The van der Waals surface area contributed by atoms with Gasteiger partial charge in [0.05, 0.1) is 0 Å².